The SMILES string of the molecule is COCCn1c(-c2ccc(OC)cc2)cc2c(c(=N)oc3ccc(O)cc32)c1=N. The zero-order valence-electron chi connectivity index (χ0n) is 16.2. The second kappa shape index (κ2) is 7.44. The normalized spacial score (nSPS) is 11.2. The van der Waals surface area contributed by atoms with E-state index in [1.165, 1.54) is 6.07 Å². The Morgan fingerprint density at radius 1 is 1.00 bits per heavy atom. The van der Waals surface area contributed by atoms with Crippen LogP contribution in [0.4, 0.5) is 0 Å². The Labute approximate surface area is 166 Å². The third kappa shape index (κ3) is 3.25. The molecule has 0 bridgehead atoms. The number of nitrogens with zero attached hydrogens (tertiary/aromatic N) is 1. The number of hydrogen-bond acceptors (Lipinski definition) is 6. The van der Waals surface area contributed by atoms with E-state index in [4.69, 9.17) is 24.7 Å². The second-order valence-electron chi connectivity index (χ2n) is 6.65. The number of hydrogen-bond donors (Lipinski definition) is 3. The van der Waals surface area contributed by atoms with E-state index in [0.717, 1.165) is 17.0 Å². The van der Waals surface area contributed by atoms with Gasteiger partial charge >= 0.3 is 0 Å². The predicted octanol–water partition coefficient (Wildman–Crippen LogP) is 3.37. The van der Waals surface area contributed by atoms with Gasteiger partial charge in [-0.05, 0) is 54.1 Å². The summed E-state index contributed by atoms with van der Waals surface area (Å²) in [6.45, 7) is 0.869. The number of fused-ring (bicyclic) bond motifs is 3. The lowest BCUT2D eigenvalue weighted by atomic mass is 10.0. The number of ether oxygens (including phenoxy) is 2. The van der Waals surface area contributed by atoms with Crippen molar-refractivity contribution in [2.75, 3.05) is 20.8 Å². The van der Waals surface area contributed by atoms with Gasteiger partial charge in [0.1, 0.15) is 22.6 Å². The van der Waals surface area contributed by atoms with Gasteiger partial charge in [0.15, 0.2) is 0 Å². The van der Waals surface area contributed by atoms with Crippen molar-refractivity contribution in [1.29, 1.82) is 10.8 Å². The molecule has 0 spiro atoms. The van der Waals surface area contributed by atoms with Crippen LogP contribution in [-0.2, 0) is 11.3 Å². The van der Waals surface area contributed by atoms with E-state index in [9.17, 15) is 5.11 Å². The molecule has 2 aromatic heterocycles. The van der Waals surface area contributed by atoms with Gasteiger partial charge in [-0.3, -0.25) is 10.8 Å². The first-order valence-electron chi connectivity index (χ1n) is 9.09. The van der Waals surface area contributed by atoms with Gasteiger partial charge < -0.3 is 23.6 Å². The number of pyridine rings is 1. The minimum Gasteiger partial charge on any atom is -0.508 e. The number of benzene rings is 2. The highest BCUT2D eigenvalue weighted by molar-refractivity contribution is 6.05. The Hall–Kier alpha value is -3.58. The van der Waals surface area contributed by atoms with Crippen molar-refractivity contribution in [3.05, 3.63) is 59.6 Å². The van der Waals surface area contributed by atoms with Crippen LogP contribution < -0.4 is 15.8 Å². The Bertz CT molecular complexity index is 1320. The lowest BCUT2D eigenvalue weighted by Crippen LogP contribution is -2.27. The Kier molecular flexibility index (Phi) is 4.82. The predicted molar refractivity (Wildman–Crippen MR) is 109 cm³/mol. The first kappa shape index (κ1) is 18.8. The van der Waals surface area contributed by atoms with Crippen LogP contribution in [0.25, 0.3) is 33.0 Å². The van der Waals surface area contributed by atoms with Crippen molar-refractivity contribution < 1.29 is 19.0 Å². The quantitative estimate of drug-likeness (QED) is 0.454. The van der Waals surface area contributed by atoms with E-state index < -0.39 is 0 Å². The number of aromatic hydroxyl groups is 1. The molecular formula is C22H21N3O4. The zero-order valence-corrected chi connectivity index (χ0v) is 16.2. The molecule has 4 aromatic rings. The molecule has 0 saturated heterocycles. The summed E-state index contributed by atoms with van der Waals surface area (Å²) in [6.07, 6.45) is 0. The molecule has 0 aliphatic rings. The molecule has 0 fully saturated rings. The first-order chi connectivity index (χ1) is 14.0. The van der Waals surface area contributed by atoms with Gasteiger partial charge in [0.05, 0.1) is 24.8 Å². The molecule has 148 valence electrons. The van der Waals surface area contributed by atoms with Gasteiger partial charge in [0.2, 0.25) is 5.55 Å². The van der Waals surface area contributed by atoms with Crippen LogP contribution in [0, 0.1) is 10.8 Å². The average Bonchev–Trinajstić information content (AvgIpc) is 2.73. The highest BCUT2D eigenvalue weighted by Crippen LogP contribution is 2.29. The number of phenolic OH excluding ortho intramolecular Hbond substituents is 1. The molecule has 0 radical (unpaired) electrons. The Balaban J connectivity index is 2.11. The molecule has 0 amide bonds. The van der Waals surface area contributed by atoms with Crippen LogP contribution in [0.3, 0.4) is 0 Å². The molecule has 4 rings (SSSR count). The topological polar surface area (TPSA) is 104 Å². The highest BCUT2D eigenvalue weighted by atomic mass is 16.5. The standard InChI is InChI=1S/C22H21N3O4/c1-27-10-9-25-18(13-3-6-15(28-2)7-4-13)12-17-16-11-14(26)5-8-19(16)29-22(24)20(17)21(25)23/h3-8,11-12,23-24,26H,9-10H2,1-2H3. The molecule has 3 N–H and O–H groups in total. The van der Waals surface area contributed by atoms with Crippen molar-refractivity contribution in [2.24, 2.45) is 0 Å². The smallest absolute Gasteiger partial charge is 0.223 e. The fourth-order valence-corrected chi connectivity index (χ4v) is 3.51. The molecule has 7 nitrogen and oxygen atoms in total. The van der Waals surface area contributed by atoms with Crippen LogP contribution in [0.1, 0.15) is 0 Å². The maximum Gasteiger partial charge on any atom is 0.223 e. The molecule has 0 unspecified atom stereocenters. The van der Waals surface area contributed by atoms with Gasteiger partial charge in [0, 0.05) is 24.4 Å². The minimum absolute atomic E-state index is 0.0874. The number of phenols is 1. The van der Waals surface area contributed by atoms with Crippen LogP contribution in [0.2, 0.25) is 0 Å². The fourth-order valence-electron chi connectivity index (χ4n) is 3.51. The number of aromatic nitrogens is 1. The van der Waals surface area contributed by atoms with Crippen molar-refractivity contribution in [3.8, 4) is 22.8 Å². The summed E-state index contributed by atoms with van der Waals surface area (Å²) in [5.74, 6) is 0.840. The summed E-state index contributed by atoms with van der Waals surface area (Å²) in [6, 6.07) is 14.3. The molecule has 2 heterocycles. The highest BCUT2D eigenvalue weighted by Gasteiger charge is 2.15. The summed E-state index contributed by atoms with van der Waals surface area (Å²) in [7, 11) is 3.23. The van der Waals surface area contributed by atoms with Crippen LogP contribution in [-0.4, -0.2) is 30.5 Å². The third-order valence-corrected chi connectivity index (χ3v) is 4.95. The van der Waals surface area contributed by atoms with E-state index in [1.807, 2.05) is 30.3 Å². The van der Waals surface area contributed by atoms with Gasteiger partial charge in [-0.15, -0.1) is 0 Å². The first-order valence-corrected chi connectivity index (χ1v) is 9.09. The van der Waals surface area contributed by atoms with Gasteiger partial charge in [0.25, 0.3) is 0 Å². The molecule has 0 aliphatic heterocycles. The molecule has 0 atom stereocenters. The van der Waals surface area contributed by atoms with Gasteiger partial charge in [-0.2, -0.15) is 0 Å². The van der Waals surface area contributed by atoms with Crippen LogP contribution >= 0.6 is 0 Å². The van der Waals surface area contributed by atoms with Crippen molar-refractivity contribution in [1.82, 2.24) is 4.57 Å². The van der Waals surface area contributed by atoms with Gasteiger partial charge in [-0.1, -0.05) is 0 Å². The Morgan fingerprint density at radius 3 is 2.45 bits per heavy atom. The fraction of sp³-hybridized carbons (Fsp3) is 0.182. The van der Waals surface area contributed by atoms with Crippen molar-refractivity contribution >= 4 is 21.7 Å². The molecule has 0 saturated carbocycles. The van der Waals surface area contributed by atoms with Crippen molar-refractivity contribution in [3.63, 3.8) is 0 Å². The maximum atomic E-state index is 9.97. The monoisotopic (exact) mass is 391 g/mol. The lowest BCUT2D eigenvalue weighted by molar-refractivity contribution is 0.186. The molecule has 7 heteroatoms. The van der Waals surface area contributed by atoms with E-state index in [0.29, 0.717) is 34.9 Å². The number of methoxy groups -OCH3 is 2. The summed E-state index contributed by atoms with van der Waals surface area (Å²) < 4.78 is 17.9. The summed E-state index contributed by atoms with van der Waals surface area (Å²) in [5, 5.41) is 28.8. The van der Waals surface area contributed by atoms with E-state index in [-0.39, 0.29) is 16.8 Å². The molecule has 0 aliphatic carbocycles. The van der Waals surface area contributed by atoms with Gasteiger partial charge in [-0.25, -0.2) is 0 Å². The average molecular weight is 391 g/mol. The van der Waals surface area contributed by atoms with E-state index >= 15 is 0 Å². The molecular weight excluding hydrogens is 370 g/mol. The zero-order chi connectivity index (χ0) is 20.5. The number of nitrogens with one attached hydrogen (secondary N) is 2. The molecule has 29 heavy (non-hydrogen) atoms. The second-order valence-corrected chi connectivity index (χ2v) is 6.65. The maximum absolute atomic E-state index is 9.97. The summed E-state index contributed by atoms with van der Waals surface area (Å²) in [5.41, 5.74) is 2.25. The summed E-state index contributed by atoms with van der Waals surface area (Å²) >= 11 is 0. The molecule has 2 aromatic carbocycles. The number of rotatable bonds is 5. The van der Waals surface area contributed by atoms with Crippen LogP contribution in [0.5, 0.6) is 11.5 Å². The van der Waals surface area contributed by atoms with Crippen molar-refractivity contribution in [2.45, 2.75) is 6.54 Å². The van der Waals surface area contributed by atoms with E-state index in [1.54, 1.807) is 30.9 Å². The lowest BCUT2D eigenvalue weighted by Gasteiger charge is -2.17. The summed E-state index contributed by atoms with van der Waals surface area (Å²) in [4.78, 5) is 0. The minimum atomic E-state index is -0.0874. The Morgan fingerprint density at radius 2 is 1.76 bits per heavy atom. The van der Waals surface area contributed by atoms with Crippen LogP contribution in [0.15, 0.2) is 52.9 Å². The third-order valence-electron chi connectivity index (χ3n) is 4.95. The largest absolute Gasteiger partial charge is 0.508 e. The van der Waals surface area contributed by atoms with E-state index in [2.05, 4.69) is 0 Å².